The van der Waals surface area contributed by atoms with Gasteiger partial charge >= 0.3 is 0 Å². The lowest BCUT2D eigenvalue weighted by molar-refractivity contribution is 0.568. The van der Waals surface area contributed by atoms with Gasteiger partial charge in [-0.25, -0.2) is 13.1 Å². The Morgan fingerprint density at radius 1 is 1.41 bits per heavy atom. The summed E-state index contributed by atoms with van der Waals surface area (Å²) < 4.78 is 25.7. The van der Waals surface area contributed by atoms with Gasteiger partial charge in [-0.3, -0.25) is 0 Å². The normalized spacial score (nSPS) is 11.4. The highest BCUT2D eigenvalue weighted by Gasteiger charge is 2.12. The van der Waals surface area contributed by atoms with Gasteiger partial charge < -0.3 is 0 Å². The molecule has 0 aromatic heterocycles. The van der Waals surface area contributed by atoms with Gasteiger partial charge in [-0.2, -0.15) is 5.26 Å². The first-order valence-corrected chi connectivity index (χ1v) is 7.04. The van der Waals surface area contributed by atoms with E-state index < -0.39 is 10.0 Å². The van der Waals surface area contributed by atoms with E-state index in [2.05, 4.69) is 4.72 Å². The molecule has 0 atom stereocenters. The Morgan fingerprint density at radius 3 is 2.71 bits per heavy atom. The molecule has 0 aliphatic rings. The van der Waals surface area contributed by atoms with Crippen molar-refractivity contribution in [3.8, 4) is 6.07 Å². The van der Waals surface area contributed by atoms with E-state index >= 15 is 0 Å². The summed E-state index contributed by atoms with van der Waals surface area (Å²) in [6, 6.07) is 8.92. The van der Waals surface area contributed by atoms with Crippen LogP contribution in [-0.4, -0.2) is 14.2 Å². The van der Waals surface area contributed by atoms with E-state index in [0.717, 1.165) is 5.56 Å². The number of sulfonamides is 1. The van der Waals surface area contributed by atoms with Crippen LogP contribution in [0.3, 0.4) is 0 Å². The van der Waals surface area contributed by atoms with Crippen LogP contribution in [0.4, 0.5) is 0 Å². The highest BCUT2D eigenvalue weighted by Crippen LogP contribution is 2.05. The number of nitrogens with zero attached hydrogens (tertiary/aromatic N) is 1. The summed E-state index contributed by atoms with van der Waals surface area (Å²) in [5, 5.41) is 8.72. The molecule has 0 aliphatic carbocycles. The summed E-state index contributed by atoms with van der Waals surface area (Å²) in [5.74, 6) is 0.211. The average molecular weight is 252 g/mol. The number of hydrogen-bond donors (Lipinski definition) is 1. The Morgan fingerprint density at radius 2 is 2.12 bits per heavy atom. The van der Waals surface area contributed by atoms with Crippen LogP contribution >= 0.6 is 0 Å². The largest absolute Gasteiger partial charge is 0.212 e. The van der Waals surface area contributed by atoms with Crippen molar-refractivity contribution in [1.29, 1.82) is 5.26 Å². The topological polar surface area (TPSA) is 70.0 Å². The van der Waals surface area contributed by atoms with Gasteiger partial charge in [0.2, 0.25) is 10.0 Å². The molecular formula is C12H16N2O2S. The van der Waals surface area contributed by atoms with Crippen molar-refractivity contribution >= 4 is 10.0 Å². The summed E-state index contributed by atoms with van der Waals surface area (Å²) in [6.45, 7) is 3.94. The predicted octanol–water partition coefficient (Wildman–Crippen LogP) is 1.63. The second kappa shape index (κ2) is 5.80. The molecule has 0 saturated heterocycles. The maximum atomic E-state index is 11.6. The second-order valence-corrected chi connectivity index (χ2v) is 6.16. The molecule has 0 unspecified atom stereocenters. The summed E-state index contributed by atoms with van der Waals surface area (Å²) in [5.41, 5.74) is 1.32. The van der Waals surface area contributed by atoms with Crippen molar-refractivity contribution in [3.63, 3.8) is 0 Å². The number of nitriles is 1. The third-order valence-electron chi connectivity index (χ3n) is 2.11. The second-order valence-electron chi connectivity index (χ2n) is 4.31. The summed E-state index contributed by atoms with van der Waals surface area (Å²) in [6.07, 6.45) is 0. The zero-order valence-corrected chi connectivity index (χ0v) is 10.8. The summed E-state index contributed by atoms with van der Waals surface area (Å²) in [4.78, 5) is 0. The highest BCUT2D eigenvalue weighted by molar-refractivity contribution is 7.89. The highest BCUT2D eigenvalue weighted by atomic mass is 32.2. The molecule has 4 nitrogen and oxygen atoms in total. The van der Waals surface area contributed by atoms with Crippen LogP contribution in [0.15, 0.2) is 24.3 Å². The van der Waals surface area contributed by atoms with Gasteiger partial charge in [-0.1, -0.05) is 26.0 Å². The van der Waals surface area contributed by atoms with Gasteiger partial charge in [0.25, 0.3) is 0 Å². The zero-order chi connectivity index (χ0) is 12.9. The van der Waals surface area contributed by atoms with Crippen molar-refractivity contribution in [1.82, 2.24) is 4.72 Å². The maximum Gasteiger partial charge on any atom is 0.212 e. The molecule has 17 heavy (non-hydrogen) atoms. The van der Waals surface area contributed by atoms with E-state index in [9.17, 15) is 8.42 Å². The number of benzene rings is 1. The van der Waals surface area contributed by atoms with Crippen LogP contribution in [0.25, 0.3) is 0 Å². The molecule has 0 fully saturated rings. The molecule has 92 valence electrons. The number of rotatable bonds is 5. The minimum Gasteiger partial charge on any atom is -0.212 e. The third kappa shape index (κ3) is 4.98. The molecular weight excluding hydrogens is 236 g/mol. The smallest absolute Gasteiger partial charge is 0.212 e. The SMILES string of the molecule is CC(C)CS(=O)(=O)NCc1cccc(C#N)c1. The molecule has 1 aromatic rings. The monoisotopic (exact) mass is 252 g/mol. The minimum atomic E-state index is -3.23. The van der Waals surface area contributed by atoms with E-state index in [1.807, 2.05) is 19.9 Å². The summed E-state index contributed by atoms with van der Waals surface area (Å²) >= 11 is 0. The molecule has 0 heterocycles. The first kappa shape index (κ1) is 13.7. The van der Waals surface area contributed by atoms with Crippen molar-refractivity contribution < 1.29 is 8.42 Å². The molecule has 0 radical (unpaired) electrons. The van der Waals surface area contributed by atoms with Gasteiger partial charge in [0.1, 0.15) is 0 Å². The first-order valence-electron chi connectivity index (χ1n) is 5.39. The fraction of sp³-hybridized carbons (Fsp3) is 0.417. The molecule has 1 rings (SSSR count). The quantitative estimate of drug-likeness (QED) is 0.866. The molecule has 0 saturated carbocycles. The Bertz CT molecular complexity index is 516. The van der Waals surface area contributed by atoms with Crippen LogP contribution in [0.2, 0.25) is 0 Å². The molecule has 5 heteroatoms. The zero-order valence-electron chi connectivity index (χ0n) is 9.97. The summed E-state index contributed by atoms with van der Waals surface area (Å²) in [7, 11) is -3.23. The Hall–Kier alpha value is -1.38. The number of hydrogen-bond acceptors (Lipinski definition) is 3. The van der Waals surface area contributed by atoms with Crippen LogP contribution in [0.1, 0.15) is 25.0 Å². The lowest BCUT2D eigenvalue weighted by Crippen LogP contribution is -2.28. The molecule has 0 spiro atoms. The Labute approximate surface area is 102 Å². The van der Waals surface area contributed by atoms with Gasteiger partial charge in [-0.05, 0) is 23.6 Å². The van der Waals surface area contributed by atoms with Gasteiger partial charge in [-0.15, -0.1) is 0 Å². The third-order valence-corrected chi connectivity index (χ3v) is 3.79. The van der Waals surface area contributed by atoms with Crippen molar-refractivity contribution in [3.05, 3.63) is 35.4 Å². The van der Waals surface area contributed by atoms with Gasteiger partial charge in [0.05, 0.1) is 17.4 Å². The standard InChI is InChI=1S/C12H16N2O2S/c1-10(2)9-17(15,16)14-8-12-5-3-4-11(6-12)7-13/h3-6,10,14H,8-9H2,1-2H3. The first-order chi connectivity index (χ1) is 7.93. The molecule has 0 amide bonds. The van der Waals surface area contributed by atoms with Crippen LogP contribution in [0.5, 0.6) is 0 Å². The Kier molecular flexibility index (Phi) is 4.67. The van der Waals surface area contributed by atoms with Crippen molar-refractivity contribution in [2.75, 3.05) is 5.75 Å². The predicted molar refractivity (Wildman–Crippen MR) is 66.6 cm³/mol. The lowest BCUT2D eigenvalue weighted by atomic mass is 10.1. The van der Waals surface area contributed by atoms with Gasteiger partial charge in [0.15, 0.2) is 0 Å². The number of nitrogens with one attached hydrogen (secondary N) is 1. The minimum absolute atomic E-state index is 0.0953. The van der Waals surface area contributed by atoms with Crippen molar-refractivity contribution in [2.24, 2.45) is 5.92 Å². The fourth-order valence-electron chi connectivity index (χ4n) is 1.44. The molecule has 0 bridgehead atoms. The molecule has 1 N–H and O–H groups in total. The maximum absolute atomic E-state index is 11.6. The fourth-order valence-corrected chi connectivity index (χ4v) is 2.82. The van der Waals surface area contributed by atoms with E-state index in [0.29, 0.717) is 5.56 Å². The van der Waals surface area contributed by atoms with E-state index in [1.54, 1.807) is 24.3 Å². The van der Waals surface area contributed by atoms with Crippen LogP contribution in [-0.2, 0) is 16.6 Å². The lowest BCUT2D eigenvalue weighted by Gasteiger charge is -2.08. The van der Waals surface area contributed by atoms with E-state index in [4.69, 9.17) is 5.26 Å². The van der Waals surface area contributed by atoms with Crippen molar-refractivity contribution in [2.45, 2.75) is 20.4 Å². The average Bonchev–Trinajstić information content (AvgIpc) is 2.25. The molecule has 1 aromatic carbocycles. The van der Waals surface area contributed by atoms with E-state index in [-0.39, 0.29) is 18.2 Å². The van der Waals surface area contributed by atoms with E-state index in [1.165, 1.54) is 0 Å². The molecule has 0 aliphatic heterocycles. The Balaban J connectivity index is 2.65. The van der Waals surface area contributed by atoms with Crippen LogP contribution < -0.4 is 4.72 Å². The van der Waals surface area contributed by atoms with Crippen LogP contribution in [0, 0.1) is 17.2 Å². The van der Waals surface area contributed by atoms with Gasteiger partial charge in [0, 0.05) is 6.54 Å².